The minimum Gasteiger partial charge on any atom is -0.309 e. The van der Waals surface area contributed by atoms with E-state index in [0.29, 0.717) is 5.82 Å². The van der Waals surface area contributed by atoms with Gasteiger partial charge in [-0.1, -0.05) is 13.3 Å². The summed E-state index contributed by atoms with van der Waals surface area (Å²) < 4.78 is 0. The van der Waals surface area contributed by atoms with Crippen molar-refractivity contribution < 1.29 is 4.79 Å². The molecule has 0 aliphatic carbocycles. The lowest BCUT2D eigenvalue weighted by molar-refractivity contribution is -0.122. The van der Waals surface area contributed by atoms with Crippen molar-refractivity contribution in [2.24, 2.45) is 0 Å². The van der Waals surface area contributed by atoms with Crippen molar-refractivity contribution in [3.63, 3.8) is 0 Å². The Kier molecular flexibility index (Phi) is 3.97. The van der Waals surface area contributed by atoms with Gasteiger partial charge in [-0.25, -0.2) is 4.98 Å². The van der Waals surface area contributed by atoms with E-state index in [1.54, 1.807) is 6.20 Å². The van der Waals surface area contributed by atoms with Gasteiger partial charge in [0.25, 0.3) is 0 Å². The molecule has 1 amide bonds. The van der Waals surface area contributed by atoms with Gasteiger partial charge in [-0.2, -0.15) is 0 Å². The predicted molar refractivity (Wildman–Crippen MR) is 72.5 cm³/mol. The van der Waals surface area contributed by atoms with Crippen LogP contribution in [0.3, 0.4) is 0 Å². The molecule has 1 unspecified atom stereocenters. The molecule has 98 valence electrons. The summed E-state index contributed by atoms with van der Waals surface area (Å²) in [7, 11) is 0. The van der Waals surface area contributed by atoms with Gasteiger partial charge in [0, 0.05) is 6.20 Å². The van der Waals surface area contributed by atoms with Gasteiger partial charge in [-0.3, -0.25) is 4.79 Å². The minimum absolute atomic E-state index is 0.0555. The average molecular weight is 247 g/mol. The Labute approximate surface area is 108 Å². The summed E-state index contributed by atoms with van der Waals surface area (Å²) >= 11 is 0. The summed E-state index contributed by atoms with van der Waals surface area (Å²) in [5, 5.41) is 6.30. The summed E-state index contributed by atoms with van der Waals surface area (Å²) in [6.07, 6.45) is 5.58. The molecule has 2 heterocycles. The first-order chi connectivity index (χ1) is 8.66. The van der Waals surface area contributed by atoms with E-state index >= 15 is 0 Å². The van der Waals surface area contributed by atoms with Crippen LogP contribution in [0.5, 0.6) is 0 Å². The number of rotatable bonds is 4. The SMILES string of the molecule is CCCC1(C(=O)Nc2cc(C)ccn2)CCCN1. The molecule has 1 fully saturated rings. The molecule has 2 N–H and O–H groups in total. The Hall–Kier alpha value is -1.42. The Bertz CT molecular complexity index is 425. The van der Waals surface area contributed by atoms with Crippen LogP contribution in [0.1, 0.15) is 38.2 Å². The fraction of sp³-hybridized carbons (Fsp3) is 0.571. The molecule has 1 saturated heterocycles. The van der Waals surface area contributed by atoms with Gasteiger partial charge in [0.05, 0.1) is 5.54 Å². The van der Waals surface area contributed by atoms with E-state index in [1.807, 2.05) is 19.1 Å². The van der Waals surface area contributed by atoms with E-state index in [9.17, 15) is 4.79 Å². The third-order valence-electron chi connectivity index (χ3n) is 3.51. The van der Waals surface area contributed by atoms with Crippen LogP contribution in [-0.4, -0.2) is 23.0 Å². The first-order valence-corrected chi connectivity index (χ1v) is 6.65. The molecule has 0 aromatic carbocycles. The number of hydrogen-bond donors (Lipinski definition) is 2. The highest BCUT2D eigenvalue weighted by Crippen LogP contribution is 2.26. The number of hydrogen-bond acceptors (Lipinski definition) is 3. The molecule has 0 radical (unpaired) electrons. The van der Waals surface area contributed by atoms with Gasteiger partial charge in [0.1, 0.15) is 5.82 Å². The highest BCUT2D eigenvalue weighted by Gasteiger charge is 2.39. The lowest BCUT2D eigenvalue weighted by atomic mass is 9.91. The lowest BCUT2D eigenvalue weighted by Gasteiger charge is -2.27. The molecular weight excluding hydrogens is 226 g/mol. The molecule has 1 aliphatic heterocycles. The summed E-state index contributed by atoms with van der Waals surface area (Å²) in [5.74, 6) is 0.698. The Morgan fingerprint density at radius 2 is 2.44 bits per heavy atom. The maximum absolute atomic E-state index is 12.4. The van der Waals surface area contributed by atoms with Crippen LogP contribution >= 0.6 is 0 Å². The lowest BCUT2D eigenvalue weighted by Crippen LogP contribution is -2.50. The largest absolute Gasteiger partial charge is 0.309 e. The quantitative estimate of drug-likeness (QED) is 0.858. The van der Waals surface area contributed by atoms with Crippen LogP contribution < -0.4 is 10.6 Å². The van der Waals surface area contributed by atoms with E-state index in [4.69, 9.17) is 0 Å². The molecule has 0 spiro atoms. The Morgan fingerprint density at radius 3 is 3.06 bits per heavy atom. The van der Waals surface area contributed by atoms with Crippen molar-refractivity contribution in [2.75, 3.05) is 11.9 Å². The van der Waals surface area contributed by atoms with Crippen molar-refractivity contribution in [3.05, 3.63) is 23.9 Å². The molecule has 4 nitrogen and oxygen atoms in total. The van der Waals surface area contributed by atoms with Crippen LogP contribution in [-0.2, 0) is 4.79 Å². The van der Waals surface area contributed by atoms with Crippen LogP contribution in [0.4, 0.5) is 5.82 Å². The first-order valence-electron chi connectivity index (χ1n) is 6.65. The summed E-state index contributed by atoms with van der Waals surface area (Å²) in [4.78, 5) is 16.6. The zero-order valence-corrected chi connectivity index (χ0v) is 11.1. The summed E-state index contributed by atoms with van der Waals surface area (Å²) in [6.45, 7) is 5.03. The number of nitrogens with one attached hydrogen (secondary N) is 2. The molecule has 1 aliphatic rings. The molecular formula is C14H21N3O. The fourth-order valence-electron chi connectivity index (χ4n) is 2.59. The second-order valence-electron chi connectivity index (χ2n) is 5.03. The van der Waals surface area contributed by atoms with Gasteiger partial charge in [-0.05, 0) is 50.4 Å². The molecule has 18 heavy (non-hydrogen) atoms. The van der Waals surface area contributed by atoms with Crippen molar-refractivity contribution >= 4 is 11.7 Å². The zero-order chi connectivity index (χ0) is 13.0. The van der Waals surface area contributed by atoms with E-state index < -0.39 is 0 Å². The smallest absolute Gasteiger partial charge is 0.245 e. The van der Waals surface area contributed by atoms with Crippen molar-refractivity contribution in [2.45, 2.75) is 45.1 Å². The normalized spacial score (nSPS) is 23.0. The molecule has 1 aromatic heterocycles. The van der Waals surface area contributed by atoms with E-state index in [-0.39, 0.29) is 11.4 Å². The van der Waals surface area contributed by atoms with E-state index in [2.05, 4.69) is 22.5 Å². The zero-order valence-electron chi connectivity index (χ0n) is 11.1. The number of anilines is 1. The number of pyridine rings is 1. The average Bonchev–Trinajstić information content (AvgIpc) is 2.79. The topological polar surface area (TPSA) is 54.0 Å². The summed E-state index contributed by atoms with van der Waals surface area (Å²) in [5.41, 5.74) is 0.712. The van der Waals surface area contributed by atoms with Gasteiger partial charge in [0.15, 0.2) is 0 Å². The number of aromatic nitrogens is 1. The number of carbonyl (C=O) groups is 1. The van der Waals surface area contributed by atoms with Gasteiger partial charge in [-0.15, -0.1) is 0 Å². The Balaban J connectivity index is 2.10. The Morgan fingerprint density at radius 1 is 1.61 bits per heavy atom. The van der Waals surface area contributed by atoms with Gasteiger partial charge in [0.2, 0.25) is 5.91 Å². The second kappa shape index (κ2) is 5.48. The van der Waals surface area contributed by atoms with Crippen LogP contribution in [0.2, 0.25) is 0 Å². The molecule has 1 aromatic rings. The number of aryl methyl sites for hydroxylation is 1. The highest BCUT2D eigenvalue weighted by molar-refractivity contribution is 5.97. The van der Waals surface area contributed by atoms with Crippen molar-refractivity contribution in [3.8, 4) is 0 Å². The summed E-state index contributed by atoms with van der Waals surface area (Å²) in [6, 6.07) is 3.82. The van der Waals surface area contributed by atoms with Crippen LogP contribution in [0, 0.1) is 6.92 Å². The second-order valence-corrected chi connectivity index (χ2v) is 5.03. The van der Waals surface area contributed by atoms with E-state index in [0.717, 1.165) is 37.8 Å². The number of amides is 1. The first kappa shape index (κ1) is 13.0. The molecule has 1 atom stereocenters. The standard InChI is InChI=1S/C14H21N3O/c1-3-6-14(7-4-8-16-14)13(18)17-12-10-11(2)5-9-15-12/h5,9-10,16H,3-4,6-8H2,1-2H3,(H,15,17,18). The van der Waals surface area contributed by atoms with E-state index in [1.165, 1.54) is 0 Å². The monoisotopic (exact) mass is 247 g/mol. The molecule has 0 bridgehead atoms. The molecule has 0 saturated carbocycles. The van der Waals surface area contributed by atoms with Gasteiger partial charge < -0.3 is 10.6 Å². The highest BCUT2D eigenvalue weighted by atomic mass is 16.2. The number of nitrogens with zero attached hydrogens (tertiary/aromatic N) is 1. The maximum Gasteiger partial charge on any atom is 0.245 e. The van der Waals surface area contributed by atoms with Crippen LogP contribution in [0.15, 0.2) is 18.3 Å². The molecule has 2 rings (SSSR count). The number of carbonyl (C=O) groups excluding carboxylic acids is 1. The third-order valence-corrected chi connectivity index (χ3v) is 3.51. The van der Waals surface area contributed by atoms with Crippen LogP contribution in [0.25, 0.3) is 0 Å². The van der Waals surface area contributed by atoms with Gasteiger partial charge >= 0.3 is 0 Å². The predicted octanol–water partition coefficient (Wildman–Crippen LogP) is 2.25. The minimum atomic E-state index is -0.389. The third kappa shape index (κ3) is 2.70. The fourth-order valence-corrected chi connectivity index (χ4v) is 2.59. The van der Waals surface area contributed by atoms with Crippen molar-refractivity contribution in [1.29, 1.82) is 0 Å². The van der Waals surface area contributed by atoms with Crippen molar-refractivity contribution in [1.82, 2.24) is 10.3 Å². The molecule has 4 heteroatoms. The maximum atomic E-state index is 12.4.